The molecule has 0 heterocycles. The molecule has 0 spiro atoms. The molecule has 38 heavy (non-hydrogen) atoms. The lowest BCUT2D eigenvalue weighted by molar-refractivity contribution is -0.140. The summed E-state index contributed by atoms with van der Waals surface area (Å²) < 4.78 is 29.3. The number of benzene rings is 3. The molecule has 0 aliphatic carbocycles. The summed E-state index contributed by atoms with van der Waals surface area (Å²) in [7, 11) is -4.11. The number of hydrogen-bond acceptors (Lipinski definition) is 4. The van der Waals surface area contributed by atoms with Gasteiger partial charge in [-0.05, 0) is 67.4 Å². The minimum absolute atomic E-state index is 0.0327. The molecule has 1 N–H and O–H groups in total. The molecule has 3 aromatic carbocycles. The molecule has 7 nitrogen and oxygen atoms in total. The van der Waals surface area contributed by atoms with Crippen LogP contribution >= 0.6 is 39.1 Å². The van der Waals surface area contributed by atoms with E-state index in [0.717, 1.165) is 8.78 Å². The monoisotopic (exact) mass is 639 g/mol. The van der Waals surface area contributed by atoms with E-state index in [4.69, 9.17) is 23.2 Å². The zero-order valence-corrected chi connectivity index (χ0v) is 24.8. The second-order valence-corrected chi connectivity index (χ2v) is 12.0. The van der Waals surface area contributed by atoms with E-state index in [9.17, 15) is 18.0 Å². The van der Waals surface area contributed by atoms with Crippen LogP contribution in [-0.2, 0) is 26.2 Å². The van der Waals surface area contributed by atoms with Crippen LogP contribution < -0.4 is 9.62 Å². The molecule has 11 heteroatoms. The lowest BCUT2D eigenvalue weighted by Gasteiger charge is -2.33. The van der Waals surface area contributed by atoms with Crippen molar-refractivity contribution in [2.75, 3.05) is 17.4 Å². The number of amides is 2. The first kappa shape index (κ1) is 30.0. The number of carbonyl (C=O) groups is 2. The van der Waals surface area contributed by atoms with Crippen molar-refractivity contribution in [1.29, 1.82) is 0 Å². The molecule has 3 aromatic rings. The number of hydrogen-bond donors (Lipinski definition) is 1. The minimum Gasteiger partial charge on any atom is -0.355 e. The Kier molecular flexibility index (Phi) is 10.6. The summed E-state index contributed by atoms with van der Waals surface area (Å²) >= 11 is 15.6. The molecule has 0 aromatic heterocycles. The third-order valence-electron chi connectivity index (χ3n) is 5.80. The maximum absolute atomic E-state index is 13.9. The molecule has 0 saturated carbocycles. The SMILES string of the molecule is CCNC(=O)C(CC)N(Cc1ccc(Cl)c(Cl)c1)C(=O)CN(c1ccc(Br)cc1)S(=O)(=O)c1ccccc1. The summed E-state index contributed by atoms with van der Waals surface area (Å²) in [5.74, 6) is -0.874. The Hall–Kier alpha value is -2.59. The molecule has 0 saturated heterocycles. The van der Waals surface area contributed by atoms with Gasteiger partial charge < -0.3 is 10.2 Å². The fourth-order valence-corrected chi connectivity index (χ4v) is 5.92. The largest absolute Gasteiger partial charge is 0.355 e. The van der Waals surface area contributed by atoms with Gasteiger partial charge in [0.2, 0.25) is 11.8 Å². The molecule has 1 unspecified atom stereocenters. The number of likely N-dealkylation sites (N-methyl/N-ethyl adjacent to an activating group) is 1. The maximum Gasteiger partial charge on any atom is 0.264 e. The zero-order valence-electron chi connectivity index (χ0n) is 20.9. The van der Waals surface area contributed by atoms with Crippen molar-refractivity contribution >= 4 is 66.7 Å². The van der Waals surface area contributed by atoms with Crippen LogP contribution in [0.1, 0.15) is 25.8 Å². The second-order valence-electron chi connectivity index (χ2n) is 8.39. The fraction of sp³-hybridized carbons (Fsp3) is 0.259. The predicted molar refractivity (Wildman–Crippen MR) is 155 cm³/mol. The van der Waals surface area contributed by atoms with Crippen LogP contribution in [0.5, 0.6) is 0 Å². The molecular weight excluding hydrogens is 613 g/mol. The Labute approximate surface area is 241 Å². The van der Waals surface area contributed by atoms with Gasteiger partial charge in [0, 0.05) is 17.6 Å². The highest BCUT2D eigenvalue weighted by atomic mass is 79.9. The van der Waals surface area contributed by atoms with E-state index < -0.39 is 28.5 Å². The van der Waals surface area contributed by atoms with Crippen LogP contribution in [0.15, 0.2) is 82.2 Å². The molecule has 0 fully saturated rings. The smallest absolute Gasteiger partial charge is 0.264 e. The minimum atomic E-state index is -4.11. The van der Waals surface area contributed by atoms with Gasteiger partial charge in [-0.15, -0.1) is 0 Å². The van der Waals surface area contributed by atoms with Crippen molar-refractivity contribution in [3.8, 4) is 0 Å². The Morgan fingerprint density at radius 3 is 2.18 bits per heavy atom. The Bertz CT molecular complexity index is 1370. The van der Waals surface area contributed by atoms with E-state index in [0.29, 0.717) is 34.3 Å². The highest BCUT2D eigenvalue weighted by Gasteiger charge is 2.33. The van der Waals surface area contributed by atoms with Crippen LogP contribution in [0, 0.1) is 0 Å². The van der Waals surface area contributed by atoms with Gasteiger partial charge in [0.1, 0.15) is 12.6 Å². The van der Waals surface area contributed by atoms with Crippen LogP contribution in [0.4, 0.5) is 5.69 Å². The topological polar surface area (TPSA) is 86.8 Å². The van der Waals surface area contributed by atoms with Gasteiger partial charge in [0.05, 0.1) is 20.6 Å². The summed E-state index contributed by atoms with van der Waals surface area (Å²) in [6.07, 6.45) is 0.322. The molecule has 202 valence electrons. The average molecular weight is 641 g/mol. The first-order valence-corrected chi connectivity index (χ1v) is 14.9. The standard InChI is InChI=1S/C27H28BrCl2N3O4S/c1-3-25(27(35)31-4-2)32(17-19-10-15-23(29)24(30)16-19)26(34)18-33(21-13-11-20(28)12-14-21)38(36,37)22-8-6-5-7-9-22/h5-16,25H,3-4,17-18H2,1-2H3,(H,31,35). The molecule has 3 rings (SSSR count). The number of carbonyl (C=O) groups excluding carboxylic acids is 2. The van der Waals surface area contributed by atoms with Crippen molar-refractivity contribution in [3.05, 3.63) is 92.9 Å². The van der Waals surface area contributed by atoms with Gasteiger partial charge >= 0.3 is 0 Å². The van der Waals surface area contributed by atoms with E-state index in [1.165, 1.54) is 17.0 Å². The average Bonchev–Trinajstić information content (AvgIpc) is 2.90. The highest BCUT2D eigenvalue weighted by Crippen LogP contribution is 2.27. The number of rotatable bonds is 11. The van der Waals surface area contributed by atoms with Crippen LogP contribution in [0.3, 0.4) is 0 Å². The first-order valence-electron chi connectivity index (χ1n) is 11.9. The molecular formula is C27H28BrCl2N3O4S. The predicted octanol–water partition coefficient (Wildman–Crippen LogP) is 5.89. The Morgan fingerprint density at radius 1 is 0.947 bits per heavy atom. The normalized spacial score (nSPS) is 12.0. The quantitative estimate of drug-likeness (QED) is 0.283. The zero-order chi connectivity index (χ0) is 27.9. The number of halogens is 3. The van der Waals surface area contributed by atoms with E-state index in [2.05, 4.69) is 21.2 Å². The molecule has 0 aliphatic heterocycles. The summed E-state index contributed by atoms with van der Waals surface area (Å²) in [4.78, 5) is 28.3. The van der Waals surface area contributed by atoms with Crippen molar-refractivity contribution < 1.29 is 18.0 Å². The molecule has 0 aliphatic rings. The van der Waals surface area contributed by atoms with E-state index in [-0.39, 0.29) is 17.3 Å². The van der Waals surface area contributed by atoms with Crippen LogP contribution in [-0.4, -0.2) is 44.3 Å². The Balaban J connectivity index is 2.05. The van der Waals surface area contributed by atoms with Crippen molar-refractivity contribution in [3.63, 3.8) is 0 Å². The van der Waals surface area contributed by atoms with E-state index >= 15 is 0 Å². The number of sulfonamides is 1. The third-order valence-corrected chi connectivity index (χ3v) is 8.85. The lowest BCUT2D eigenvalue weighted by atomic mass is 10.1. The molecule has 2 amide bonds. The third kappa shape index (κ3) is 7.28. The summed E-state index contributed by atoms with van der Waals surface area (Å²) in [6.45, 7) is 3.48. The van der Waals surface area contributed by atoms with Gasteiger partial charge in [-0.25, -0.2) is 8.42 Å². The number of anilines is 1. The molecule has 0 bridgehead atoms. The lowest BCUT2D eigenvalue weighted by Crippen LogP contribution is -2.52. The Morgan fingerprint density at radius 2 is 1.61 bits per heavy atom. The van der Waals surface area contributed by atoms with Gasteiger partial charge in [0.25, 0.3) is 10.0 Å². The van der Waals surface area contributed by atoms with E-state index in [1.54, 1.807) is 74.5 Å². The van der Waals surface area contributed by atoms with Gasteiger partial charge in [-0.2, -0.15) is 0 Å². The van der Waals surface area contributed by atoms with Crippen LogP contribution in [0.25, 0.3) is 0 Å². The second kappa shape index (κ2) is 13.5. The fourth-order valence-electron chi connectivity index (χ4n) is 3.90. The van der Waals surface area contributed by atoms with Gasteiger partial charge in [0.15, 0.2) is 0 Å². The molecule has 1 atom stereocenters. The van der Waals surface area contributed by atoms with Crippen LogP contribution in [0.2, 0.25) is 10.0 Å². The summed E-state index contributed by atoms with van der Waals surface area (Å²) in [5, 5.41) is 3.44. The molecule has 0 radical (unpaired) electrons. The van der Waals surface area contributed by atoms with Crippen molar-refractivity contribution in [1.82, 2.24) is 10.2 Å². The van der Waals surface area contributed by atoms with Crippen molar-refractivity contribution in [2.45, 2.75) is 37.8 Å². The number of nitrogens with one attached hydrogen (secondary N) is 1. The van der Waals surface area contributed by atoms with E-state index in [1.807, 2.05) is 0 Å². The summed E-state index contributed by atoms with van der Waals surface area (Å²) in [6, 6.07) is 18.6. The summed E-state index contributed by atoms with van der Waals surface area (Å²) in [5.41, 5.74) is 0.961. The van der Waals surface area contributed by atoms with Gasteiger partial charge in [-0.3, -0.25) is 13.9 Å². The van der Waals surface area contributed by atoms with Gasteiger partial charge in [-0.1, -0.05) is 70.3 Å². The number of nitrogens with zero attached hydrogens (tertiary/aromatic N) is 2. The maximum atomic E-state index is 13.9. The van der Waals surface area contributed by atoms with Crippen molar-refractivity contribution in [2.24, 2.45) is 0 Å². The first-order chi connectivity index (χ1) is 18.1. The highest BCUT2D eigenvalue weighted by molar-refractivity contribution is 9.10.